The van der Waals surface area contributed by atoms with E-state index in [-0.39, 0.29) is 30.4 Å². The van der Waals surface area contributed by atoms with Crippen LogP contribution in [0.1, 0.15) is 49.7 Å². The Balaban J connectivity index is 1.92. The summed E-state index contributed by atoms with van der Waals surface area (Å²) in [5, 5.41) is 7.21. The van der Waals surface area contributed by atoms with E-state index in [0.717, 1.165) is 17.0 Å². The lowest BCUT2D eigenvalue weighted by Crippen LogP contribution is -2.45. The van der Waals surface area contributed by atoms with Crippen molar-refractivity contribution < 1.29 is 14.3 Å². The van der Waals surface area contributed by atoms with Crippen LogP contribution in [0.2, 0.25) is 0 Å². The molecule has 0 bridgehead atoms. The van der Waals surface area contributed by atoms with Gasteiger partial charge in [0.2, 0.25) is 11.8 Å². The van der Waals surface area contributed by atoms with Gasteiger partial charge in [-0.1, -0.05) is 0 Å². The molecule has 0 saturated carbocycles. The van der Waals surface area contributed by atoms with Crippen LogP contribution in [0.15, 0.2) is 0 Å². The number of aromatic nitrogens is 2. The Bertz CT molecular complexity index is 586. The molecule has 140 valence electrons. The second-order valence-electron chi connectivity index (χ2n) is 6.77. The average molecular weight is 350 g/mol. The van der Waals surface area contributed by atoms with Gasteiger partial charge in [-0.25, -0.2) is 0 Å². The first kappa shape index (κ1) is 19.4. The van der Waals surface area contributed by atoms with Crippen LogP contribution in [0.25, 0.3) is 0 Å². The van der Waals surface area contributed by atoms with Gasteiger partial charge < -0.3 is 14.5 Å². The molecule has 0 aliphatic carbocycles. The number of carbonyl (C=O) groups excluding carboxylic acids is 2. The molecule has 1 unspecified atom stereocenters. The third kappa shape index (κ3) is 4.39. The predicted octanol–water partition coefficient (Wildman–Crippen LogP) is 1.82. The molecule has 1 aliphatic heterocycles. The monoisotopic (exact) mass is 350 g/mol. The van der Waals surface area contributed by atoms with E-state index in [2.05, 4.69) is 10.2 Å². The van der Waals surface area contributed by atoms with Gasteiger partial charge in [-0.15, -0.1) is 0 Å². The van der Waals surface area contributed by atoms with Crippen LogP contribution in [-0.2, 0) is 14.3 Å². The fourth-order valence-corrected chi connectivity index (χ4v) is 3.50. The molecular weight excluding hydrogens is 320 g/mol. The molecule has 2 rings (SSSR count). The summed E-state index contributed by atoms with van der Waals surface area (Å²) in [4.78, 5) is 28.5. The normalized spacial score (nSPS) is 16.8. The Hall–Kier alpha value is -1.89. The summed E-state index contributed by atoms with van der Waals surface area (Å²) in [5.41, 5.74) is 3.02. The largest absolute Gasteiger partial charge is 0.372 e. The smallest absolute Gasteiger partial charge is 0.248 e. The van der Waals surface area contributed by atoms with Crippen molar-refractivity contribution in [2.75, 3.05) is 33.4 Å². The first-order valence-corrected chi connectivity index (χ1v) is 9.00. The summed E-state index contributed by atoms with van der Waals surface area (Å²) < 4.78 is 5.18. The van der Waals surface area contributed by atoms with Gasteiger partial charge >= 0.3 is 0 Å². The minimum atomic E-state index is -0.0314. The van der Waals surface area contributed by atoms with Crippen LogP contribution in [0.4, 0.5) is 0 Å². The number of aryl methyl sites for hydroxylation is 2. The molecule has 2 amide bonds. The zero-order valence-electron chi connectivity index (χ0n) is 16.0. The number of piperidine rings is 1. The number of H-pyrrole nitrogens is 1. The molecule has 7 heteroatoms. The first-order chi connectivity index (χ1) is 11.9. The van der Waals surface area contributed by atoms with Crippen molar-refractivity contribution in [3.63, 3.8) is 0 Å². The van der Waals surface area contributed by atoms with Crippen LogP contribution in [0, 0.1) is 19.8 Å². The van der Waals surface area contributed by atoms with Gasteiger partial charge in [0, 0.05) is 43.9 Å². The summed E-state index contributed by atoms with van der Waals surface area (Å²) in [7, 11) is 1.85. The van der Waals surface area contributed by atoms with E-state index in [0.29, 0.717) is 32.5 Å². The third-order valence-corrected chi connectivity index (χ3v) is 5.16. The maximum absolute atomic E-state index is 12.9. The van der Waals surface area contributed by atoms with E-state index in [4.69, 9.17) is 4.74 Å². The third-order valence-electron chi connectivity index (χ3n) is 5.16. The van der Waals surface area contributed by atoms with Gasteiger partial charge in [-0.05, 0) is 40.5 Å². The Labute approximate surface area is 149 Å². The van der Waals surface area contributed by atoms with Crippen molar-refractivity contribution in [1.82, 2.24) is 20.0 Å². The predicted molar refractivity (Wildman–Crippen MR) is 95.0 cm³/mol. The molecule has 0 spiro atoms. The first-order valence-electron chi connectivity index (χ1n) is 9.00. The van der Waals surface area contributed by atoms with Crippen molar-refractivity contribution in [2.45, 2.75) is 46.6 Å². The summed E-state index contributed by atoms with van der Waals surface area (Å²) in [6.45, 7) is 9.74. The Morgan fingerprint density at radius 2 is 2.00 bits per heavy atom. The maximum Gasteiger partial charge on any atom is 0.248 e. The fraction of sp³-hybridized carbons (Fsp3) is 0.722. The van der Waals surface area contributed by atoms with E-state index < -0.39 is 0 Å². The highest BCUT2D eigenvalue weighted by Crippen LogP contribution is 2.27. The van der Waals surface area contributed by atoms with Gasteiger partial charge in [0.15, 0.2) is 0 Å². The van der Waals surface area contributed by atoms with Crippen molar-refractivity contribution in [2.24, 2.45) is 5.92 Å². The molecule has 7 nitrogen and oxygen atoms in total. The lowest BCUT2D eigenvalue weighted by molar-refractivity contribution is -0.143. The number of nitrogens with one attached hydrogen (secondary N) is 1. The Morgan fingerprint density at radius 1 is 1.36 bits per heavy atom. The molecule has 1 atom stereocenters. The van der Waals surface area contributed by atoms with Crippen molar-refractivity contribution in [3.8, 4) is 0 Å². The summed E-state index contributed by atoms with van der Waals surface area (Å²) in [6, 6.07) is -0.0242. The topological polar surface area (TPSA) is 78.5 Å². The number of rotatable bonds is 6. The number of nitrogens with zero attached hydrogens (tertiary/aromatic N) is 3. The van der Waals surface area contributed by atoms with E-state index >= 15 is 0 Å². The van der Waals surface area contributed by atoms with Gasteiger partial charge in [0.05, 0.1) is 11.7 Å². The van der Waals surface area contributed by atoms with E-state index in [9.17, 15) is 9.59 Å². The minimum Gasteiger partial charge on any atom is -0.372 e. The molecule has 1 aromatic rings. The lowest BCUT2D eigenvalue weighted by Gasteiger charge is -2.35. The number of ether oxygens (including phenoxy) is 1. The minimum absolute atomic E-state index is 0.0131. The highest BCUT2D eigenvalue weighted by Gasteiger charge is 2.31. The molecular formula is C18H30N4O3. The van der Waals surface area contributed by atoms with Crippen molar-refractivity contribution in [1.29, 1.82) is 0 Å². The van der Waals surface area contributed by atoms with Gasteiger partial charge in [-0.2, -0.15) is 5.10 Å². The zero-order chi connectivity index (χ0) is 18.6. The highest BCUT2D eigenvalue weighted by atomic mass is 16.5. The number of aromatic amines is 1. The molecule has 1 saturated heterocycles. The lowest BCUT2D eigenvalue weighted by atomic mass is 9.94. The standard InChI is InChI=1S/C18H30N4O3/c1-6-25-11-16(23)22-9-7-15(8-10-22)18(24)21(5)14(4)17-12(2)19-20-13(17)3/h14-15H,6-11H2,1-5H3,(H,19,20). The zero-order valence-corrected chi connectivity index (χ0v) is 16.0. The van der Waals surface area contributed by atoms with Gasteiger partial charge in [0.1, 0.15) is 6.61 Å². The number of hydrogen-bond donors (Lipinski definition) is 1. The molecule has 1 N–H and O–H groups in total. The second-order valence-corrected chi connectivity index (χ2v) is 6.77. The Morgan fingerprint density at radius 3 is 2.52 bits per heavy atom. The second kappa shape index (κ2) is 8.47. The van der Waals surface area contributed by atoms with Crippen molar-refractivity contribution >= 4 is 11.8 Å². The summed E-state index contributed by atoms with van der Waals surface area (Å²) >= 11 is 0. The van der Waals surface area contributed by atoms with E-state index in [1.165, 1.54) is 0 Å². The molecule has 0 aromatic carbocycles. The van der Waals surface area contributed by atoms with Gasteiger partial charge in [-0.3, -0.25) is 14.7 Å². The highest BCUT2D eigenvalue weighted by molar-refractivity contribution is 5.80. The van der Waals surface area contributed by atoms with Crippen LogP contribution in [0.3, 0.4) is 0 Å². The molecule has 1 aromatic heterocycles. The SMILES string of the molecule is CCOCC(=O)N1CCC(C(=O)N(C)C(C)c2c(C)n[nH]c2C)CC1. The summed E-state index contributed by atoms with van der Waals surface area (Å²) in [6.07, 6.45) is 1.41. The number of carbonyl (C=O) groups is 2. The average Bonchev–Trinajstić information content (AvgIpc) is 2.96. The van der Waals surface area contributed by atoms with Gasteiger partial charge in [0.25, 0.3) is 0 Å². The maximum atomic E-state index is 12.9. The van der Waals surface area contributed by atoms with Crippen LogP contribution in [-0.4, -0.2) is 65.2 Å². The van der Waals surface area contributed by atoms with E-state index in [1.54, 1.807) is 4.90 Å². The quantitative estimate of drug-likeness (QED) is 0.849. The van der Waals surface area contributed by atoms with Crippen LogP contribution >= 0.6 is 0 Å². The van der Waals surface area contributed by atoms with E-state index in [1.807, 2.05) is 39.6 Å². The number of amides is 2. The van der Waals surface area contributed by atoms with Crippen LogP contribution < -0.4 is 0 Å². The Kier molecular flexibility index (Phi) is 6.58. The molecule has 0 radical (unpaired) electrons. The molecule has 1 fully saturated rings. The van der Waals surface area contributed by atoms with Crippen molar-refractivity contribution in [3.05, 3.63) is 17.0 Å². The molecule has 25 heavy (non-hydrogen) atoms. The molecule has 2 heterocycles. The number of hydrogen-bond acceptors (Lipinski definition) is 4. The van der Waals surface area contributed by atoms with Crippen LogP contribution in [0.5, 0.6) is 0 Å². The number of likely N-dealkylation sites (tertiary alicyclic amines) is 1. The molecule has 1 aliphatic rings. The fourth-order valence-electron chi connectivity index (χ4n) is 3.50. The summed E-state index contributed by atoms with van der Waals surface area (Å²) in [5.74, 6) is 0.125.